The molecule has 0 spiro atoms. The topological polar surface area (TPSA) is 105 Å². The highest BCUT2D eigenvalue weighted by molar-refractivity contribution is 9.10. The molecule has 1 amide bonds. The second-order valence-electron chi connectivity index (χ2n) is 5.70. The lowest BCUT2D eigenvalue weighted by atomic mass is 10.2. The molecule has 1 saturated carbocycles. The maximum Gasteiger partial charge on any atom is 0.269 e. The summed E-state index contributed by atoms with van der Waals surface area (Å²) in [5.41, 5.74) is 12.4. The van der Waals surface area contributed by atoms with Crippen LogP contribution in [-0.2, 0) is 0 Å². The minimum absolute atomic E-state index is 0.272. The number of nitrogens with two attached hydrogens (primary N) is 1. The first-order chi connectivity index (χ1) is 11.6. The van der Waals surface area contributed by atoms with Gasteiger partial charge in [0.1, 0.15) is 12.0 Å². The Kier molecular flexibility index (Phi) is 5.14. The number of carbonyl (C=O) groups excluding carboxylic acids is 1. The monoisotopic (exact) mass is 390 g/mol. The first-order valence-corrected chi connectivity index (χ1v) is 8.61. The van der Waals surface area contributed by atoms with Gasteiger partial charge in [-0.05, 0) is 37.1 Å². The quantitative estimate of drug-likeness (QED) is 0.585. The van der Waals surface area contributed by atoms with Gasteiger partial charge in [0.15, 0.2) is 11.6 Å². The maximum atomic E-state index is 12.1. The van der Waals surface area contributed by atoms with Crippen LogP contribution in [0.15, 0.2) is 35.1 Å². The number of aromatic nitrogens is 2. The van der Waals surface area contributed by atoms with Crippen LogP contribution >= 0.6 is 15.9 Å². The molecule has 5 N–H and O–H groups in total. The van der Waals surface area contributed by atoms with E-state index >= 15 is 0 Å². The van der Waals surface area contributed by atoms with Crippen LogP contribution in [0.2, 0.25) is 0 Å². The van der Waals surface area contributed by atoms with Crippen molar-refractivity contribution in [2.45, 2.75) is 31.7 Å². The van der Waals surface area contributed by atoms with E-state index < -0.39 is 0 Å². The van der Waals surface area contributed by atoms with Gasteiger partial charge in [-0.3, -0.25) is 15.6 Å². The smallest absolute Gasteiger partial charge is 0.269 e. The highest BCUT2D eigenvalue weighted by Crippen LogP contribution is 2.27. The van der Waals surface area contributed by atoms with Gasteiger partial charge < -0.3 is 11.1 Å². The second kappa shape index (κ2) is 7.48. The molecule has 1 aliphatic rings. The number of carbonyl (C=O) groups is 1. The molecule has 1 aromatic heterocycles. The van der Waals surface area contributed by atoms with Crippen molar-refractivity contribution < 1.29 is 4.79 Å². The summed E-state index contributed by atoms with van der Waals surface area (Å²) in [6.45, 7) is 0. The Labute approximate surface area is 148 Å². The number of nitrogens with zero attached hydrogens (tertiary/aromatic N) is 2. The van der Waals surface area contributed by atoms with Crippen LogP contribution in [0.5, 0.6) is 0 Å². The number of rotatable bonds is 5. The molecule has 0 unspecified atom stereocenters. The van der Waals surface area contributed by atoms with Crippen molar-refractivity contribution in [2.24, 2.45) is 0 Å². The lowest BCUT2D eigenvalue weighted by molar-refractivity contribution is 0.0962. The molecular weight excluding hydrogens is 372 g/mol. The first-order valence-electron chi connectivity index (χ1n) is 7.82. The molecule has 8 heteroatoms. The zero-order chi connectivity index (χ0) is 16.9. The molecule has 0 atom stereocenters. The van der Waals surface area contributed by atoms with Gasteiger partial charge in [-0.15, -0.1) is 0 Å². The largest absolute Gasteiger partial charge is 0.393 e. The number of amides is 1. The van der Waals surface area contributed by atoms with Crippen LogP contribution in [-0.4, -0.2) is 21.9 Å². The van der Waals surface area contributed by atoms with E-state index in [0.29, 0.717) is 28.9 Å². The molecular formula is C16H19BrN6O. The Balaban J connectivity index is 1.64. The zero-order valence-corrected chi connectivity index (χ0v) is 14.6. The number of anilines is 3. The van der Waals surface area contributed by atoms with E-state index in [-0.39, 0.29) is 5.91 Å². The number of halogens is 1. The van der Waals surface area contributed by atoms with Crippen molar-refractivity contribution in [3.8, 4) is 0 Å². The molecule has 7 nitrogen and oxygen atoms in total. The highest BCUT2D eigenvalue weighted by Gasteiger charge is 2.17. The lowest BCUT2D eigenvalue weighted by Crippen LogP contribution is -2.30. The third kappa shape index (κ3) is 3.94. The van der Waals surface area contributed by atoms with Gasteiger partial charge in [0.2, 0.25) is 0 Å². The molecule has 1 aromatic carbocycles. The van der Waals surface area contributed by atoms with E-state index in [4.69, 9.17) is 5.73 Å². The Bertz CT molecular complexity index is 715. The summed E-state index contributed by atoms with van der Waals surface area (Å²) in [7, 11) is 0. The van der Waals surface area contributed by atoms with Crippen LogP contribution in [0.4, 0.5) is 17.3 Å². The summed E-state index contributed by atoms with van der Waals surface area (Å²) >= 11 is 3.34. The van der Waals surface area contributed by atoms with Gasteiger partial charge in [0, 0.05) is 16.1 Å². The predicted molar refractivity (Wildman–Crippen MR) is 97.6 cm³/mol. The number of hydrazine groups is 1. The van der Waals surface area contributed by atoms with Crippen molar-refractivity contribution in [3.63, 3.8) is 0 Å². The molecule has 0 bridgehead atoms. The van der Waals surface area contributed by atoms with Gasteiger partial charge in [-0.2, -0.15) is 0 Å². The zero-order valence-electron chi connectivity index (χ0n) is 13.1. The van der Waals surface area contributed by atoms with E-state index in [1.807, 2.05) is 0 Å². The Morgan fingerprint density at radius 3 is 2.50 bits per heavy atom. The van der Waals surface area contributed by atoms with Crippen LogP contribution in [0, 0.1) is 0 Å². The van der Waals surface area contributed by atoms with Gasteiger partial charge >= 0.3 is 0 Å². The molecule has 0 radical (unpaired) electrons. The minimum atomic E-state index is -0.272. The van der Waals surface area contributed by atoms with Crippen LogP contribution in [0.25, 0.3) is 0 Å². The summed E-state index contributed by atoms with van der Waals surface area (Å²) in [4.78, 5) is 20.4. The number of hydrogen-bond donors (Lipinski definition) is 4. The van der Waals surface area contributed by atoms with Crippen LogP contribution < -0.4 is 21.9 Å². The highest BCUT2D eigenvalue weighted by atomic mass is 79.9. The molecule has 0 aliphatic heterocycles. The SMILES string of the molecule is Nc1c(NNC(=O)c2ccc(Br)cc2)ncnc1NC1CCCC1. The maximum absolute atomic E-state index is 12.1. The normalized spacial score (nSPS) is 14.4. The van der Waals surface area contributed by atoms with E-state index in [1.54, 1.807) is 24.3 Å². The lowest BCUT2D eigenvalue weighted by Gasteiger charge is -2.16. The van der Waals surface area contributed by atoms with Crippen LogP contribution in [0.1, 0.15) is 36.0 Å². The third-order valence-corrected chi connectivity index (χ3v) is 4.51. The summed E-state index contributed by atoms with van der Waals surface area (Å²) in [5, 5.41) is 3.34. The van der Waals surface area contributed by atoms with Crippen molar-refractivity contribution in [2.75, 3.05) is 16.5 Å². The number of nitrogen functional groups attached to an aromatic ring is 1. The predicted octanol–water partition coefficient (Wildman–Crippen LogP) is 2.93. The minimum Gasteiger partial charge on any atom is -0.393 e. The van der Waals surface area contributed by atoms with Gasteiger partial charge in [0.05, 0.1) is 0 Å². The van der Waals surface area contributed by atoms with E-state index in [0.717, 1.165) is 17.3 Å². The first kappa shape index (κ1) is 16.5. The number of hydrogen-bond acceptors (Lipinski definition) is 6. The van der Waals surface area contributed by atoms with Gasteiger partial charge in [0.25, 0.3) is 5.91 Å². The fourth-order valence-electron chi connectivity index (χ4n) is 2.66. The van der Waals surface area contributed by atoms with Crippen molar-refractivity contribution >= 4 is 39.2 Å². The molecule has 24 heavy (non-hydrogen) atoms. The Morgan fingerprint density at radius 1 is 1.12 bits per heavy atom. The molecule has 0 saturated heterocycles. The van der Waals surface area contributed by atoms with Gasteiger partial charge in [-0.25, -0.2) is 9.97 Å². The van der Waals surface area contributed by atoms with Gasteiger partial charge in [-0.1, -0.05) is 28.8 Å². The summed E-state index contributed by atoms with van der Waals surface area (Å²) in [5.74, 6) is 0.694. The third-order valence-electron chi connectivity index (χ3n) is 3.98. The fourth-order valence-corrected chi connectivity index (χ4v) is 2.93. The van der Waals surface area contributed by atoms with Crippen molar-refractivity contribution in [3.05, 3.63) is 40.6 Å². The van der Waals surface area contributed by atoms with Crippen molar-refractivity contribution in [1.29, 1.82) is 0 Å². The number of nitrogens with one attached hydrogen (secondary N) is 3. The fraction of sp³-hybridized carbons (Fsp3) is 0.312. The summed E-state index contributed by atoms with van der Waals surface area (Å²) in [6, 6.07) is 7.44. The average molecular weight is 391 g/mol. The standard InChI is InChI=1S/C16H19BrN6O/c17-11-7-5-10(6-8-11)16(24)23-22-15-13(18)14(19-9-20-15)21-12-3-1-2-4-12/h5-9,12H,1-4,18H2,(H,23,24)(H2,19,20,21,22). The molecule has 3 rings (SSSR count). The average Bonchev–Trinajstić information content (AvgIpc) is 3.09. The molecule has 1 fully saturated rings. The van der Waals surface area contributed by atoms with Crippen LogP contribution in [0.3, 0.4) is 0 Å². The second-order valence-corrected chi connectivity index (χ2v) is 6.61. The number of benzene rings is 1. The summed E-state index contributed by atoms with van der Waals surface area (Å²) < 4.78 is 0.912. The molecule has 126 valence electrons. The molecule has 2 aromatic rings. The molecule has 1 heterocycles. The van der Waals surface area contributed by atoms with Crippen molar-refractivity contribution in [1.82, 2.24) is 15.4 Å². The van der Waals surface area contributed by atoms with E-state index in [2.05, 4.69) is 42.1 Å². The Morgan fingerprint density at radius 2 is 1.79 bits per heavy atom. The van der Waals surface area contributed by atoms with E-state index in [9.17, 15) is 4.79 Å². The van der Waals surface area contributed by atoms with E-state index in [1.165, 1.54) is 19.2 Å². The summed E-state index contributed by atoms with van der Waals surface area (Å²) in [6.07, 6.45) is 6.09. The molecule has 1 aliphatic carbocycles. The Hall–Kier alpha value is -2.35.